The Morgan fingerprint density at radius 3 is 2.61 bits per heavy atom. The molecule has 18 heavy (non-hydrogen) atoms. The van der Waals surface area contributed by atoms with Crippen LogP contribution in [0.2, 0.25) is 0 Å². The summed E-state index contributed by atoms with van der Waals surface area (Å²) in [6.07, 6.45) is -3.87. The zero-order chi connectivity index (χ0) is 13.8. The quantitative estimate of drug-likeness (QED) is 0.814. The average Bonchev–Trinajstić information content (AvgIpc) is 2.27. The van der Waals surface area contributed by atoms with E-state index < -0.39 is 11.7 Å². The first-order chi connectivity index (χ1) is 8.36. The minimum atomic E-state index is -4.38. The van der Waals surface area contributed by atoms with Crippen molar-refractivity contribution in [1.82, 2.24) is 4.98 Å². The van der Waals surface area contributed by atoms with E-state index in [1.807, 2.05) is 6.92 Å². The van der Waals surface area contributed by atoms with Crippen molar-refractivity contribution in [3.8, 4) is 0 Å². The van der Waals surface area contributed by atoms with E-state index in [0.717, 1.165) is 12.1 Å². The van der Waals surface area contributed by atoms with E-state index in [0.29, 0.717) is 11.4 Å². The lowest BCUT2D eigenvalue weighted by molar-refractivity contribution is -0.137. The number of aliphatic hydroxyl groups is 1. The highest BCUT2D eigenvalue weighted by molar-refractivity contribution is 7.99. The van der Waals surface area contributed by atoms with Gasteiger partial charge < -0.3 is 10.4 Å². The van der Waals surface area contributed by atoms with Crippen LogP contribution in [0.15, 0.2) is 17.2 Å². The van der Waals surface area contributed by atoms with Crippen molar-refractivity contribution in [1.29, 1.82) is 0 Å². The predicted octanol–water partition coefficient (Wildman–Crippen LogP) is 3.01. The molecule has 1 atom stereocenters. The maximum Gasteiger partial charge on any atom is 0.416 e. The van der Waals surface area contributed by atoms with Gasteiger partial charge in [-0.3, -0.25) is 0 Å². The van der Waals surface area contributed by atoms with Crippen LogP contribution in [0.4, 0.5) is 19.0 Å². The second-order valence-electron chi connectivity index (χ2n) is 3.77. The molecule has 1 unspecified atom stereocenters. The molecular weight excluding hydrogens is 265 g/mol. The van der Waals surface area contributed by atoms with Gasteiger partial charge in [0.25, 0.3) is 0 Å². The van der Waals surface area contributed by atoms with Gasteiger partial charge in [-0.15, -0.1) is 11.8 Å². The number of thioether (sulfide) groups is 1. The Morgan fingerprint density at radius 1 is 1.44 bits per heavy atom. The average molecular weight is 280 g/mol. The van der Waals surface area contributed by atoms with Crippen molar-refractivity contribution in [3.63, 3.8) is 0 Å². The summed E-state index contributed by atoms with van der Waals surface area (Å²) in [5.41, 5.74) is -0.722. The van der Waals surface area contributed by atoms with Crippen molar-refractivity contribution in [2.75, 3.05) is 19.0 Å². The lowest BCUT2D eigenvalue weighted by Crippen LogP contribution is -2.08. The SMILES string of the molecule is CNc1cc(C(F)(F)F)cc(SC(C)CCO)n1. The van der Waals surface area contributed by atoms with Gasteiger partial charge in [-0.2, -0.15) is 13.2 Å². The summed E-state index contributed by atoms with van der Waals surface area (Å²) in [6.45, 7) is 1.84. The number of alkyl halides is 3. The molecule has 1 heterocycles. The number of hydrogen-bond donors (Lipinski definition) is 2. The van der Waals surface area contributed by atoms with Crippen molar-refractivity contribution in [2.24, 2.45) is 0 Å². The van der Waals surface area contributed by atoms with Gasteiger partial charge in [-0.25, -0.2) is 4.98 Å². The van der Waals surface area contributed by atoms with Gasteiger partial charge in [0.15, 0.2) is 0 Å². The van der Waals surface area contributed by atoms with E-state index in [9.17, 15) is 13.2 Å². The number of nitrogens with zero attached hydrogens (tertiary/aromatic N) is 1. The molecule has 7 heteroatoms. The normalized spacial score (nSPS) is 13.4. The maximum absolute atomic E-state index is 12.7. The van der Waals surface area contributed by atoms with E-state index >= 15 is 0 Å². The molecule has 0 amide bonds. The molecule has 2 N–H and O–H groups in total. The van der Waals surface area contributed by atoms with Crippen LogP contribution in [0.25, 0.3) is 0 Å². The topological polar surface area (TPSA) is 45.1 Å². The van der Waals surface area contributed by atoms with Crippen LogP contribution in [0.3, 0.4) is 0 Å². The van der Waals surface area contributed by atoms with Crippen LogP contribution in [0.5, 0.6) is 0 Å². The third-order valence-corrected chi connectivity index (χ3v) is 3.33. The largest absolute Gasteiger partial charge is 0.416 e. The summed E-state index contributed by atoms with van der Waals surface area (Å²) in [5, 5.41) is 11.7. The Hall–Kier alpha value is -0.950. The number of rotatable bonds is 5. The Balaban J connectivity index is 2.97. The summed E-state index contributed by atoms with van der Waals surface area (Å²) in [6, 6.07) is 2.00. The third-order valence-electron chi connectivity index (χ3n) is 2.24. The Bertz CT molecular complexity index is 398. The summed E-state index contributed by atoms with van der Waals surface area (Å²) >= 11 is 1.22. The highest BCUT2D eigenvalue weighted by atomic mass is 32.2. The summed E-state index contributed by atoms with van der Waals surface area (Å²) < 4.78 is 38.0. The van der Waals surface area contributed by atoms with Crippen molar-refractivity contribution < 1.29 is 18.3 Å². The summed E-state index contributed by atoms with van der Waals surface area (Å²) in [7, 11) is 1.52. The van der Waals surface area contributed by atoms with Crippen LogP contribution in [0, 0.1) is 0 Å². The minimum absolute atomic E-state index is 0.00597. The Morgan fingerprint density at radius 2 is 2.11 bits per heavy atom. The smallest absolute Gasteiger partial charge is 0.396 e. The van der Waals surface area contributed by atoms with Gasteiger partial charge in [-0.1, -0.05) is 6.92 Å². The molecule has 0 aromatic carbocycles. The van der Waals surface area contributed by atoms with Gasteiger partial charge >= 0.3 is 6.18 Å². The molecule has 0 aliphatic heterocycles. The van der Waals surface area contributed by atoms with Crippen LogP contribution in [-0.2, 0) is 6.18 Å². The maximum atomic E-state index is 12.7. The van der Waals surface area contributed by atoms with E-state index in [-0.39, 0.29) is 17.7 Å². The number of aromatic nitrogens is 1. The fourth-order valence-corrected chi connectivity index (χ4v) is 2.29. The second-order valence-corrected chi connectivity index (χ2v) is 5.23. The van der Waals surface area contributed by atoms with Gasteiger partial charge in [0.1, 0.15) is 5.82 Å². The number of halogens is 3. The van der Waals surface area contributed by atoms with Crippen molar-refractivity contribution in [3.05, 3.63) is 17.7 Å². The molecule has 0 fully saturated rings. The fourth-order valence-electron chi connectivity index (χ4n) is 1.30. The standard InChI is InChI=1S/C11H15F3N2OS/c1-7(3-4-17)18-10-6-8(11(12,13)14)5-9(15-2)16-10/h5-7,17H,3-4H2,1-2H3,(H,15,16). The summed E-state index contributed by atoms with van der Waals surface area (Å²) in [5.74, 6) is 0.184. The molecule has 1 rings (SSSR count). The molecule has 1 aromatic heterocycles. The second kappa shape index (κ2) is 6.29. The molecule has 0 aliphatic rings. The molecule has 0 saturated carbocycles. The minimum Gasteiger partial charge on any atom is -0.396 e. The lowest BCUT2D eigenvalue weighted by Gasteiger charge is -2.13. The fraction of sp³-hybridized carbons (Fsp3) is 0.545. The van der Waals surface area contributed by atoms with E-state index in [1.54, 1.807) is 0 Å². The summed E-state index contributed by atoms with van der Waals surface area (Å²) in [4.78, 5) is 4.06. The number of aliphatic hydroxyl groups excluding tert-OH is 1. The molecule has 0 radical (unpaired) electrons. The number of anilines is 1. The Labute approximate surface area is 108 Å². The molecule has 3 nitrogen and oxygen atoms in total. The predicted molar refractivity (Wildman–Crippen MR) is 65.8 cm³/mol. The first kappa shape index (κ1) is 15.1. The molecule has 0 aliphatic carbocycles. The number of pyridine rings is 1. The van der Waals surface area contributed by atoms with Gasteiger partial charge in [0, 0.05) is 18.9 Å². The molecule has 0 saturated heterocycles. The Kier molecular flexibility index (Phi) is 5.28. The first-order valence-electron chi connectivity index (χ1n) is 5.41. The number of nitrogens with one attached hydrogen (secondary N) is 1. The van der Waals surface area contributed by atoms with Crippen LogP contribution >= 0.6 is 11.8 Å². The van der Waals surface area contributed by atoms with E-state index in [1.165, 1.54) is 18.8 Å². The third kappa shape index (κ3) is 4.38. The van der Waals surface area contributed by atoms with Crippen LogP contribution < -0.4 is 5.32 Å². The highest BCUT2D eigenvalue weighted by Gasteiger charge is 2.31. The molecule has 0 spiro atoms. The van der Waals surface area contributed by atoms with Crippen LogP contribution in [0.1, 0.15) is 18.9 Å². The number of hydrogen-bond acceptors (Lipinski definition) is 4. The molecule has 0 bridgehead atoms. The van der Waals surface area contributed by atoms with Gasteiger partial charge in [0.2, 0.25) is 0 Å². The zero-order valence-corrected chi connectivity index (χ0v) is 10.9. The van der Waals surface area contributed by atoms with Crippen molar-refractivity contribution >= 4 is 17.6 Å². The highest BCUT2D eigenvalue weighted by Crippen LogP contribution is 2.34. The molecule has 1 aromatic rings. The zero-order valence-electron chi connectivity index (χ0n) is 10.1. The van der Waals surface area contributed by atoms with E-state index in [4.69, 9.17) is 5.11 Å². The lowest BCUT2D eigenvalue weighted by atomic mass is 10.2. The molecule has 102 valence electrons. The van der Waals surface area contributed by atoms with Gasteiger partial charge in [0.05, 0.1) is 10.6 Å². The van der Waals surface area contributed by atoms with E-state index in [2.05, 4.69) is 10.3 Å². The van der Waals surface area contributed by atoms with Crippen LogP contribution in [-0.4, -0.2) is 29.0 Å². The first-order valence-corrected chi connectivity index (χ1v) is 6.29. The monoisotopic (exact) mass is 280 g/mol. The molecular formula is C11H15F3N2OS. The van der Waals surface area contributed by atoms with Gasteiger partial charge in [-0.05, 0) is 18.6 Å². The van der Waals surface area contributed by atoms with Crippen molar-refractivity contribution in [2.45, 2.75) is 29.8 Å².